The van der Waals surface area contributed by atoms with E-state index in [4.69, 9.17) is 11.6 Å². The summed E-state index contributed by atoms with van der Waals surface area (Å²) in [5.74, 6) is 0.00768. The number of benzene rings is 1. The third kappa shape index (κ3) is 3.70. The number of hydrogen-bond acceptors (Lipinski definition) is 1. The first-order chi connectivity index (χ1) is 8.10. The van der Waals surface area contributed by atoms with Gasteiger partial charge < -0.3 is 4.90 Å². The van der Waals surface area contributed by atoms with Gasteiger partial charge in [0.15, 0.2) is 0 Å². The van der Waals surface area contributed by atoms with Crippen LogP contribution in [0.3, 0.4) is 0 Å². The van der Waals surface area contributed by atoms with Crippen molar-refractivity contribution in [2.45, 2.75) is 20.3 Å². The minimum absolute atomic E-state index is 0.130. The van der Waals surface area contributed by atoms with E-state index in [0.717, 1.165) is 12.0 Å². The first kappa shape index (κ1) is 14.0. The predicted octanol–water partition coefficient (Wildman–Crippen LogP) is 3.23. The lowest BCUT2D eigenvalue weighted by Crippen LogP contribution is -2.32. The Morgan fingerprint density at radius 1 is 1.47 bits per heavy atom. The maximum absolute atomic E-state index is 13.1. The van der Waals surface area contributed by atoms with E-state index in [2.05, 4.69) is 0 Å². The molecule has 0 atom stereocenters. The molecule has 0 radical (unpaired) electrons. The number of halogens is 2. The highest BCUT2D eigenvalue weighted by Crippen LogP contribution is 2.13. The lowest BCUT2D eigenvalue weighted by Gasteiger charge is -2.21. The molecule has 1 aromatic rings. The van der Waals surface area contributed by atoms with Crippen molar-refractivity contribution in [2.75, 3.05) is 19.0 Å². The number of carbonyl (C=O) groups is 1. The van der Waals surface area contributed by atoms with Gasteiger partial charge in [0.25, 0.3) is 5.91 Å². The molecule has 0 spiro atoms. The van der Waals surface area contributed by atoms with Crippen LogP contribution in [-0.4, -0.2) is 29.8 Å². The van der Waals surface area contributed by atoms with E-state index < -0.39 is 0 Å². The van der Waals surface area contributed by atoms with Gasteiger partial charge in [-0.25, -0.2) is 4.39 Å². The molecule has 0 aliphatic rings. The van der Waals surface area contributed by atoms with Crippen LogP contribution < -0.4 is 0 Å². The van der Waals surface area contributed by atoms with Gasteiger partial charge in [-0.05, 0) is 38.0 Å². The van der Waals surface area contributed by atoms with Crippen LogP contribution in [0.2, 0.25) is 0 Å². The maximum atomic E-state index is 13.1. The second kappa shape index (κ2) is 6.60. The summed E-state index contributed by atoms with van der Waals surface area (Å²) in [4.78, 5) is 13.9. The van der Waals surface area contributed by atoms with Crippen LogP contribution in [0.15, 0.2) is 18.2 Å². The Bertz CT molecular complexity index is 395. The number of alkyl halides is 1. The van der Waals surface area contributed by atoms with E-state index in [1.807, 2.05) is 13.8 Å². The van der Waals surface area contributed by atoms with E-state index in [9.17, 15) is 9.18 Å². The first-order valence-corrected chi connectivity index (χ1v) is 6.25. The van der Waals surface area contributed by atoms with Crippen LogP contribution in [0.25, 0.3) is 0 Å². The van der Waals surface area contributed by atoms with Crippen LogP contribution >= 0.6 is 11.6 Å². The number of hydrogen-bond donors (Lipinski definition) is 0. The van der Waals surface area contributed by atoms with Gasteiger partial charge in [0.2, 0.25) is 0 Å². The average molecular weight is 258 g/mol. The third-order valence-corrected chi connectivity index (χ3v) is 2.93. The van der Waals surface area contributed by atoms with Crippen LogP contribution in [-0.2, 0) is 0 Å². The molecule has 94 valence electrons. The van der Waals surface area contributed by atoms with Gasteiger partial charge >= 0.3 is 0 Å². The molecule has 1 aromatic carbocycles. The molecule has 0 saturated heterocycles. The average Bonchev–Trinajstić information content (AvgIpc) is 2.33. The minimum Gasteiger partial charge on any atom is -0.339 e. The van der Waals surface area contributed by atoms with Crippen molar-refractivity contribution in [2.24, 2.45) is 0 Å². The molecule has 0 heterocycles. The molecule has 0 aliphatic carbocycles. The fraction of sp³-hybridized carbons (Fsp3) is 0.462. The zero-order valence-corrected chi connectivity index (χ0v) is 10.9. The summed E-state index contributed by atoms with van der Waals surface area (Å²) in [5, 5.41) is 0. The molecule has 1 amide bonds. The van der Waals surface area contributed by atoms with Crippen molar-refractivity contribution >= 4 is 17.5 Å². The first-order valence-electron chi connectivity index (χ1n) is 5.71. The molecule has 0 unspecified atom stereocenters. The second-order valence-corrected chi connectivity index (χ2v) is 4.26. The molecule has 4 heteroatoms. The number of aryl methyl sites for hydroxylation is 1. The van der Waals surface area contributed by atoms with Gasteiger partial charge in [0.05, 0.1) is 0 Å². The molecule has 0 N–H and O–H groups in total. The molecule has 1 rings (SSSR count). The number of carbonyl (C=O) groups excluding carboxylic acids is 1. The van der Waals surface area contributed by atoms with E-state index >= 15 is 0 Å². The van der Waals surface area contributed by atoms with E-state index in [1.165, 1.54) is 12.1 Å². The van der Waals surface area contributed by atoms with Gasteiger partial charge in [-0.3, -0.25) is 4.79 Å². The standard InChI is InChI=1S/C13H17ClFNO/c1-3-16(8-4-7-14)13(17)12-9-11(15)6-5-10(12)2/h5-6,9H,3-4,7-8H2,1-2H3. The Morgan fingerprint density at radius 3 is 2.76 bits per heavy atom. The summed E-state index contributed by atoms with van der Waals surface area (Å²) in [7, 11) is 0. The summed E-state index contributed by atoms with van der Waals surface area (Å²) in [5.41, 5.74) is 1.22. The Labute approximate surface area is 106 Å². The molecule has 0 aliphatic heterocycles. The molecular formula is C13H17ClFNO. The fourth-order valence-electron chi connectivity index (χ4n) is 1.65. The molecule has 2 nitrogen and oxygen atoms in total. The lowest BCUT2D eigenvalue weighted by atomic mass is 10.1. The SMILES string of the molecule is CCN(CCCCl)C(=O)c1cc(F)ccc1C. The zero-order chi connectivity index (χ0) is 12.8. The van der Waals surface area contributed by atoms with Crippen LogP contribution in [0.4, 0.5) is 4.39 Å². The Hall–Kier alpha value is -1.09. The molecule has 0 saturated carbocycles. The molecular weight excluding hydrogens is 241 g/mol. The smallest absolute Gasteiger partial charge is 0.254 e. The van der Waals surface area contributed by atoms with E-state index in [0.29, 0.717) is 24.5 Å². The maximum Gasteiger partial charge on any atom is 0.254 e. The molecule has 17 heavy (non-hydrogen) atoms. The second-order valence-electron chi connectivity index (χ2n) is 3.89. The number of nitrogens with zero attached hydrogens (tertiary/aromatic N) is 1. The number of rotatable bonds is 5. The van der Waals surface area contributed by atoms with E-state index in [1.54, 1.807) is 11.0 Å². The summed E-state index contributed by atoms with van der Waals surface area (Å²) >= 11 is 5.61. The fourth-order valence-corrected chi connectivity index (χ4v) is 1.77. The highest BCUT2D eigenvalue weighted by atomic mass is 35.5. The monoisotopic (exact) mass is 257 g/mol. The minimum atomic E-state index is -0.382. The molecule has 0 aromatic heterocycles. The van der Waals surface area contributed by atoms with Gasteiger partial charge in [-0.1, -0.05) is 6.07 Å². The highest BCUT2D eigenvalue weighted by molar-refractivity contribution is 6.17. The number of amides is 1. The van der Waals surface area contributed by atoms with E-state index in [-0.39, 0.29) is 11.7 Å². The summed E-state index contributed by atoms with van der Waals surface area (Å²) in [6.45, 7) is 4.92. The van der Waals surface area contributed by atoms with Crippen molar-refractivity contribution in [1.82, 2.24) is 4.90 Å². The Balaban J connectivity index is 2.89. The van der Waals surface area contributed by atoms with Crippen molar-refractivity contribution in [1.29, 1.82) is 0 Å². The molecule has 0 fully saturated rings. The topological polar surface area (TPSA) is 20.3 Å². The predicted molar refractivity (Wildman–Crippen MR) is 68.1 cm³/mol. The van der Waals surface area contributed by atoms with Gasteiger partial charge in [-0.15, -0.1) is 11.6 Å². The van der Waals surface area contributed by atoms with Crippen LogP contribution in [0.1, 0.15) is 29.3 Å². The van der Waals surface area contributed by atoms with Gasteiger partial charge in [0, 0.05) is 24.5 Å². The lowest BCUT2D eigenvalue weighted by molar-refractivity contribution is 0.0763. The Morgan fingerprint density at radius 2 is 2.18 bits per heavy atom. The van der Waals surface area contributed by atoms with Crippen molar-refractivity contribution in [3.05, 3.63) is 35.1 Å². The Kier molecular flexibility index (Phi) is 5.42. The van der Waals surface area contributed by atoms with Gasteiger partial charge in [0.1, 0.15) is 5.82 Å². The van der Waals surface area contributed by atoms with Crippen LogP contribution in [0, 0.1) is 12.7 Å². The van der Waals surface area contributed by atoms with Crippen LogP contribution in [0.5, 0.6) is 0 Å². The summed E-state index contributed by atoms with van der Waals surface area (Å²) < 4.78 is 13.1. The van der Waals surface area contributed by atoms with Crippen molar-refractivity contribution in [3.63, 3.8) is 0 Å². The highest BCUT2D eigenvalue weighted by Gasteiger charge is 2.16. The van der Waals surface area contributed by atoms with Gasteiger partial charge in [-0.2, -0.15) is 0 Å². The van der Waals surface area contributed by atoms with Crippen molar-refractivity contribution in [3.8, 4) is 0 Å². The largest absolute Gasteiger partial charge is 0.339 e. The third-order valence-electron chi connectivity index (χ3n) is 2.66. The zero-order valence-electron chi connectivity index (χ0n) is 10.2. The molecule has 0 bridgehead atoms. The summed E-state index contributed by atoms with van der Waals surface area (Å²) in [6, 6.07) is 4.28. The van der Waals surface area contributed by atoms with Crippen molar-refractivity contribution < 1.29 is 9.18 Å². The normalized spacial score (nSPS) is 10.4. The quantitative estimate of drug-likeness (QED) is 0.742. The summed E-state index contributed by atoms with van der Waals surface area (Å²) in [6.07, 6.45) is 0.746.